The summed E-state index contributed by atoms with van der Waals surface area (Å²) >= 11 is 0. The Morgan fingerprint density at radius 2 is 0.611 bits per heavy atom. The fourth-order valence-corrected chi connectivity index (χ4v) is 8.80. The van der Waals surface area contributed by atoms with Crippen molar-refractivity contribution < 1.29 is 114 Å². The van der Waals surface area contributed by atoms with Crippen molar-refractivity contribution in [3.63, 3.8) is 0 Å². The molecular weight excluding hydrogens is 1080 g/mol. The molecule has 0 saturated carbocycles. The number of alkyl halides is 24. The maximum Gasteiger partial charge on any atom is 0.416 e. The highest BCUT2D eigenvalue weighted by Gasteiger charge is 2.47. The second-order valence-corrected chi connectivity index (χ2v) is 19.3. The van der Waals surface area contributed by atoms with E-state index in [2.05, 4.69) is 0 Å². The molecule has 0 aliphatic carbocycles. The Labute approximate surface area is 395 Å². The Bertz CT molecular complexity index is 2370. The van der Waals surface area contributed by atoms with Crippen LogP contribution in [0.4, 0.5) is 105 Å². The predicted octanol–water partition coefficient (Wildman–Crippen LogP) is 12.7. The summed E-state index contributed by atoms with van der Waals surface area (Å²) in [6, 6.07) is -1.67. The van der Waals surface area contributed by atoms with E-state index in [9.17, 15) is 114 Å². The van der Waals surface area contributed by atoms with Gasteiger partial charge in [-0.3, -0.25) is 9.00 Å². The molecule has 1 atom stereocenters. The summed E-state index contributed by atoms with van der Waals surface area (Å²) in [5, 5.41) is 0. The molecule has 1 unspecified atom stereocenters. The highest BCUT2D eigenvalue weighted by molar-refractivity contribution is 7.96. The lowest BCUT2D eigenvalue weighted by Gasteiger charge is -2.46. The molecule has 0 fully saturated rings. The van der Waals surface area contributed by atoms with E-state index in [1.54, 1.807) is 18.4 Å². The first kappa shape index (κ1) is 59.2. The molecule has 394 valence electrons. The fraction of sp³-hybridized carbons (Fsp3) is 0.279. The summed E-state index contributed by atoms with van der Waals surface area (Å²) < 4.78 is 352. The first-order valence-electron chi connectivity index (χ1n) is 19.1. The molecule has 0 aliphatic heterocycles. The number of halogens is 24. The molecule has 0 amide bonds. The van der Waals surface area contributed by atoms with Crippen molar-refractivity contribution in [3.05, 3.63) is 147 Å². The van der Waals surface area contributed by atoms with Crippen molar-refractivity contribution in [2.24, 2.45) is 0 Å². The topological polar surface area (TPSA) is 34.1 Å². The molecule has 29 heteroatoms. The van der Waals surface area contributed by atoms with Gasteiger partial charge in [0.25, 0.3) is 0 Å². The largest absolute Gasteiger partial charge is 0.416 e. The Kier molecular flexibility index (Phi) is 16.6. The number of hydrogen-bond donors (Lipinski definition) is 0. The summed E-state index contributed by atoms with van der Waals surface area (Å²) in [4.78, 5) is 12.5. The van der Waals surface area contributed by atoms with Crippen LogP contribution in [0.25, 0.3) is 0 Å². The number of rotatable bonds is 8. The monoisotopic (exact) mass is 1110 g/mol. The minimum atomic E-state index is -6.13. The third kappa shape index (κ3) is 13.8. The van der Waals surface area contributed by atoms with Gasteiger partial charge < -0.3 is 0 Å². The predicted molar refractivity (Wildman–Crippen MR) is 217 cm³/mol. The molecule has 0 saturated heterocycles. The number of benzene rings is 5. The van der Waals surface area contributed by atoms with E-state index in [1.165, 1.54) is 0 Å². The maximum atomic E-state index is 14.2. The van der Waals surface area contributed by atoms with Crippen molar-refractivity contribution in [2.75, 3.05) is 24.5 Å². The van der Waals surface area contributed by atoms with Crippen LogP contribution in [0.1, 0.15) is 54.9 Å². The van der Waals surface area contributed by atoms with Gasteiger partial charge in [-0.05, 0) is 47.3 Å². The Morgan fingerprint density at radius 1 is 0.403 bits per heavy atom. The van der Waals surface area contributed by atoms with Crippen molar-refractivity contribution >= 4 is 55.5 Å². The van der Waals surface area contributed by atoms with Crippen LogP contribution in [0.3, 0.4) is 0 Å². The number of Topliss-reactive ketones (excluding diaryl/α,β-unsaturated/α-hetero) is 1. The Morgan fingerprint density at radius 3 is 0.792 bits per heavy atom. The molecule has 5 aromatic rings. The van der Waals surface area contributed by atoms with E-state index in [4.69, 9.17) is 0 Å². The van der Waals surface area contributed by atoms with Crippen molar-refractivity contribution in [1.82, 2.24) is 0 Å². The molecule has 72 heavy (non-hydrogen) atoms. The molecule has 0 bridgehead atoms. The summed E-state index contributed by atoms with van der Waals surface area (Å²) in [6.45, 7) is 0. The van der Waals surface area contributed by atoms with Crippen molar-refractivity contribution in [1.29, 1.82) is 0 Å². The highest BCUT2D eigenvalue weighted by atomic mass is 32.2. The summed E-state index contributed by atoms with van der Waals surface area (Å²) in [5.41, 5.74) is -29.6. The molecule has 2 nitrogen and oxygen atoms in total. The summed E-state index contributed by atoms with van der Waals surface area (Å²) in [6.07, 6.45) is -49.1. The third-order valence-electron chi connectivity index (χ3n) is 10.4. The average Bonchev–Trinajstić information content (AvgIpc) is 3.21. The lowest BCUT2D eigenvalue weighted by molar-refractivity contribution is -0.144. The van der Waals surface area contributed by atoms with Crippen molar-refractivity contribution in [2.45, 2.75) is 54.3 Å². The zero-order valence-corrected chi connectivity index (χ0v) is 37.4. The molecule has 0 aromatic heterocycles. The van der Waals surface area contributed by atoms with Gasteiger partial charge in [-0.2, -0.15) is 127 Å². The van der Waals surface area contributed by atoms with Crippen LogP contribution < -0.4 is 21.9 Å². The molecule has 0 heterocycles. The normalized spacial score (nSPS) is 14.0. The minimum absolute atomic E-state index is 0.0839. The molecule has 0 N–H and O–H groups in total. The van der Waals surface area contributed by atoms with Gasteiger partial charge in [0.1, 0.15) is 6.15 Å². The van der Waals surface area contributed by atoms with Gasteiger partial charge in [0.2, 0.25) is 5.78 Å². The number of carbonyl (C=O) groups is 1. The van der Waals surface area contributed by atoms with E-state index >= 15 is 0 Å². The van der Waals surface area contributed by atoms with Crippen LogP contribution in [0.2, 0.25) is 0 Å². The average molecular weight is 1110 g/mol. The molecule has 5 rings (SSSR count). The smallest absolute Gasteiger partial charge is 0.289 e. The zero-order valence-electron chi connectivity index (χ0n) is 35.7. The quantitative estimate of drug-likeness (QED) is 0.0672. The van der Waals surface area contributed by atoms with Gasteiger partial charge in [0.05, 0.1) is 67.8 Å². The number of ketones is 1. The fourth-order valence-electron chi connectivity index (χ4n) is 7.36. The van der Waals surface area contributed by atoms with E-state index < -0.39 is 206 Å². The van der Waals surface area contributed by atoms with Gasteiger partial charge in [0.15, 0.2) is 5.75 Å². The molecule has 0 spiro atoms. The molecular formula is C43H27BF24O2S2. The van der Waals surface area contributed by atoms with Gasteiger partial charge in [-0.25, -0.2) is 0 Å². The number of carbonyl (C=O) groups excluding carboxylic acids is 1. The van der Waals surface area contributed by atoms with Gasteiger partial charge >= 0.3 is 49.4 Å². The van der Waals surface area contributed by atoms with Gasteiger partial charge in [-0.1, -0.05) is 60.7 Å². The standard InChI is InChI=1S/C32H12BF24.C11H15O2S2/c34-25(35,36)13-1-14(26(37,38)39)6-21(5-13)33(22-7-15(27(40,41)42)2-16(8-22)28(43,44)45,23-9-17(29(46,47)48)3-18(10-23)30(49,50)51)24-11-19(31(52,53)54)4-20(12-24)32(55,56)57;1-14(2)8-10(12)9-6-4-5-7-11(9)15(3)13/h1-12H;4-7H,8H2,1-3H3/q-1;+1. The highest BCUT2D eigenvalue weighted by Crippen LogP contribution is 2.41. The van der Waals surface area contributed by atoms with E-state index in [0.717, 1.165) is 0 Å². The SMILES string of the molecule is CS(=O)c1ccccc1C(=O)C[S+](C)C.FC(F)(F)c1cc([B-](c2cc(C(F)(F)F)cc(C(F)(F)F)c2)(c2cc(C(F)(F)F)cc(C(F)(F)F)c2)c2cc(C(F)(F)F)cc(C(F)(F)F)c2)cc(C(F)(F)F)c1. The van der Waals surface area contributed by atoms with E-state index in [1.807, 2.05) is 24.6 Å². The lowest BCUT2D eigenvalue weighted by atomic mass is 9.12. The van der Waals surface area contributed by atoms with E-state index in [0.29, 0.717) is 16.2 Å². The Balaban J connectivity index is 0.000000639. The van der Waals surface area contributed by atoms with Crippen LogP contribution >= 0.6 is 0 Å². The van der Waals surface area contributed by atoms with Crippen LogP contribution in [0.15, 0.2) is 102 Å². The summed E-state index contributed by atoms with van der Waals surface area (Å²) in [7, 11) is -1.01. The molecule has 0 aliphatic rings. The Hall–Kier alpha value is -5.35. The first-order valence-corrected chi connectivity index (χ1v) is 22.9. The molecule has 0 radical (unpaired) electrons. The van der Waals surface area contributed by atoms with Crippen molar-refractivity contribution in [3.8, 4) is 0 Å². The minimum Gasteiger partial charge on any atom is -0.289 e. The van der Waals surface area contributed by atoms with Gasteiger partial charge in [-0.15, -0.1) is 0 Å². The second kappa shape index (κ2) is 20.2. The maximum absolute atomic E-state index is 14.2. The van der Waals surface area contributed by atoms with Crippen LogP contribution in [0.5, 0.6) is 0 Å². The first-order chi connectivity index (χ1) is 32.3. The van der Waals surface area contributed by atoms with Gasteiger partial charge in [0, 0.05) is 16.7 Å². The van der Waals surface area contributed by atoms with Crippen LogP contribution in [0, 0.1) is 0 Å². The summed E-state index contributed by atoms with van der Waals surface area (Å²) in [5.74, 6) is 0.628. The zero-order chi connectivity index (χ0) is 55.3. The third-order valence-corrected chi connectivity index (χ3v) is 12.2. The second-order valence-electron chi connectivity index (χ2n) is 15.7. The lowest BCUT2D eigenvalue weighted by Crippen LogP contribution is -2.75. The van der Waals surface area contributed by atoms with Crippen LogP contribution in [-0.2, 0) is 71.1 Å². The van der Waals surface area contributed by atoms with Crippen LogP contribution in [-0.4, -0.2) is 40.7 Å². The van der Waals surface area contributed by atoms with E-state index in [-0.39, 0.29) is 16.7 Å². The molecule has 5 aromatic carbocycles. The number of hydrogen-bond acceptors (Lipinski definition) is 2.